The van der Waals surface area contributed by atoms with Crippen molar-refractivity contribution in [2.75, 3.05) is 5.75 Å². The standard InChI is InChI=1S/C7H13NS/c1-3-5-7(8)6-9-4-2/h3,5-6H,4,8H2,1-2H3/b5-3-,7-6-. The Hall–Kier alpha value is -0.370. The number of thioether (sulfide) groups is 1. The molecule has 1 nitrogen and oxygen atoms in total. The first-order valence-corrected chi connectivity index (χ1v) is 4.06. The van der Waals surface area contributed by atoms with Crippen LogP contribution in [0.3, 0.4) is 0 Å². The predicted octanol–water partition coefficient (Wildman–Crippen LogP) is 2.12. The van der Waals surface area contributed by atoms with Crippen molar-refractivity contribution in [1.82, 2.24) is 0 Å². The molecule has 0 aromatic rings. The SMILES string of the molecule is C/C=C\C(N)=C\SCC. The summed E-state index contributed by atoms with van der Waals surface area (Å²) in [5.41, 5.74) is 6.36. The van der Waals surface area contributed by atoms with Crippen LogP contribution in [0.25, 0.3) is 0 Å². The van der Waals surface area contributed by atoms with Crippen LogP contribution in [-0.2, 0) is 0 Å². The molecule has 0 aliphatic heterocycles. The molecule has 0 radical (unpaired) electrons. The molecule has 0 bridgehead atoms. The van der Waals surface area contributed by atoms with Gasteiger partial charge < -0.3 is 5.73 Å². The molecule has 0 saturated heterocycles. The molecule has 0 aliphatic rings. The molecule has 0 spiro atoms. The maximum Gasteiger partial charge on any atom is 0.0374 e. The fourth-order valence-electron chi connectivity index (χ4n) is 0.411. The zero-order valence-electron chi connectivity index (χ0n) is 5.92. The lowest BCUT2D eigenvalue weighted by Crippen LogP contribution is -1.90. The number of hydrogen-bond acceptors (Lipinski definition) is 2. The van der Waals surface area contributed by atoms with Crippen LogP contribution in [-0.4, -0.2) is 5.75 Å². The molecule has 0 unspecified atom stereocenters. The molecule has 0 aliphatic carbocycles. The van der Waals surface area contributed by atoms with Crippen LogP contribution in [0.5, 0.6) is 0 Å². The molecule has 9 heavy (non-hydrogen) atoms. The van der Waals surface area contributed by atoms with Gasteiger partial charge >= 0.3 is 0 Å². The highest BCUT2D eigenvalue weighted by Gasteiger charge is 1.78. The topological polar surface area (TPSA) is 26.0 Å². The van der Waals surface area contributed by atoms with Crippen LogP contribution < -0.4 is 5.73 Å². The third kappa shape index (κ3) is 5.50. The summed E-state index contributed by atoms with van der Waals surface area (Å²) >= 11 is 1.72. The van der Waals surface area contributed by atoms with Gasteiger partial charge in [0, 0.05) is 5.70 Å². The largest absolute Gasteiger partial charge is 0.398 e. The average molecular weight is 143 g/mol. The van der Waals surface area contributed by atoms with Gasteiger partial charge in [-0.2, -0.15) is 0 Å². The number of hydrogen-bond donors (Lipinski definition) is 1. The van der Waals surface area contributed by atoms with E-state index in [1.165, 1.54) is 0 Å². The Morgan fingerprint density at radius 2 is 2.33 bits per heavy atom. The summed E-state index contributed by atoms with van der Waals surface area (Å²) in [5.74, 6) is 1.08. The predicted molar refractivity (Wildman–Crippen MR) is 45.2 cm³/mol. The quantitative estimate of drug-likeness (QED) is 0.612. The molecule has 0 fully saturated rings. The zero-order chi connectivity index (χ0) is 7.11. The summed E-state index contributed by atoms with van der Waals surface area (Å²) < 4.78 is 0. The fraction of sp³-hybridized carbons (Fsp3) is 0.429. The van der Waals surface area contributed by atoms with Crippen molar-refractivity contribution >= 4 is 11.8 Å². The van der Waals surface area contributed by atoms with Crippen molar-refractivity contribution in [2.24, 2.45) is 5.73 Å². The Morgan fingerprint density at radius 3 is 2.78 bits per heavy atom. The molecule has 0 atom stereocenters. The van der Waals surface area contributed by atoms with E-state index in [1.54, 1.807) is 11.8 Å². The molecule has 0 saturated carbocycles. The van der Waals surface area contributed by atoms with Gasteiger partial charge in [-0.25, -0.2) is 0 Å². The van der Waals surface area contributed by atoms with Crippen molar-refractivity contribution in [1.29, 1.82) is 0 Å². The highest BCUT2D eigenvalue weighted by Crippen LogP contribution is 2.02. The first-order chi connectivity index (χ1) is 4.31. The number of allylic oxidation sites excluding steroid dienone is 2. The van der Waals surface area contributed by atoms with Crippen LogP contribution in [0.15, 0.2) is 23.3 Å². The first kappa shape index (κ1) is 8.63. The Labute approximate surface area is 61.0 Å². The first-order valence-electron chi connectivity index (χ1n) is 3.01. The smallest absolute Gasteiger partial charge is 0.0374 e. The van der Waals surface area contributed by atoms with Crippen molar-refractivity contribution in [2.45, 2.75) is 13.8 Å². The summed E-state index contributed by atoms with van der Waals surface area (Å²) in [5, 5.41) is 1.96. The van der Waals surface area contributed by atoms with Crippen molar-refractivity contribution in [3.8, 4) is 0 Å². The van der Waals surface area contributed by atoms with E-state index in [1.807, 2.05) is 24.5 Å². The molecule has 0 aromatic heterocycles. The number of nitrogens with two attached hydrogens (primary N) is 1. The summed E-state index contributed by atoms with van der Waals surface area (Å²) in [6.45, 7) is 4.06. The van der Waals surface area contributed by atoms with E-state index in [0.29, 0.717) is 0 Å². The molecule has 0 amide bonds. The highest BCUT2D eigenvalue weighted by molar-refractivity contribution is 8.02. The van der Waals surface area contributed by atoms with Crippen LogP contribution >= 0.6 is 11.8 Å². The van der Waals surface area contributed by atoms with Crippen LogP contribution in [0.1, 0.15) is 13.8 Å². The third-order valence-electron chi connectivity index (χ3n) is 0.745. The molecular weight excluding hydrogens is 130 g/mol. The van der Waals surface area contributed by atoms with Crippen molar-refractivity contribution < 1.29 is 0 Å². The van der Waals surface area contributed by atoms with Crippen molar-refractivity contribution in [3.05, 3.63) is 23.3 Å². The Morgan fingerprint density at radius 1 is 1.67 bits per heavy atom. The number of rotatable bonds is 3. The Kier molecular flexibility index (Phi) is 5.52. The Balaban J connectivity index is 3.55. The van der Waals surface area contributed by atoms with Gasteiger partial charge in [0.25, 0.3) is 0 Å². The zero-order valence-corrected chi connectivity index (χ0v) is 6.74. The molecule has 2 heteroatoms. The van der Waals surface area contributed by atoms with Crippen molar-refractivity contribution in [3.63, 3.8) is 0 Å². The van der Waals surface area contributed by atoms with Gasteiger partial charge in [-0.3, -0.25) is 0 Å². The van der Waals surface area contributed by atoms with Gasteiger partial charge in [0.15, 0.2) is 0 Å². The van der Waals surface area contributed by atoms with E-state index in [9.17, 15) is 0 Å². The summed E-state index contributed by atoms with van der Waals surface area (Å²) in [6, 6.07) is 0. The Bertz CT molecular complexity index is 116. The third-order valence-corrected chi connectivity index (χ3v) is 1.52. The van der Waals surface area contributed by atoms with Crippen LogP contribution in [0.2, 0.25) is 0 Å². The van der Waals surface area contributed by atoms with E-state index in [2.05, 4.69) is 6.92 Å². The minimum Gasteiger partial charge on any atom is -0.398 e. The van der Waals surface area contributed by atoms with Crippen LogP contribution in [0, 0.1) is 0 Å². The van der Waals surface area contributed by atoms with E-state index in [-0.39, 0.29) is 0 Å². The molecule has 0 rings (SSSR count). The minimum atomic E-state index is 0.837. The lowest BCUT2D eigenvalue weighted by Gasteiger charge is -1.89. The minimum absolute atomic E-state index is 0.837. The maximum absolute atomic E-state index is 5.52. The van der Waals surface area contributed by atoms with Gasteiger partial charge in [-0.1, -0.05) is 13.0 Å². The van der Waals surface area contributed by atoms with E-state index >= 15 is 0 Å². The van der Waals surface area contributed by atoms with Gasteiger partial charge in [0.05, 0.1) is 0 Å². The summed E-state index contributed by atoms with van der Waals surface area (Å²) in [6.07, 6.45) is 3.82. The van der Waals surface area contributed by atoms with Gasteiger partial charge in [0.2, 0.25) is 0 Å². The summed E-state index contributed by atoms with van der Waals surface area (Å²) in [4.78, 5) is 0. The van der Waals surface area contributed by atoms with Gasteiger partial charge in [0.1, 0.15) is 0 Å². The molecule has 2 N–H and O–H groups in total. The lowest BCUT2D eigenvalue weighted by atomic mass is 10.4. The average Bonchev–Trinajstić information content (AvgIpc) is 1.85. The molecule has 0 aromatic carbocycles. The summed E-state index contributed by atoms with van der Waals surface area (Å²) in [7, 11) is 0. The second kappa shape index (κ2) is 5.76. The van der Waals surface area contributed by atoms with E-state index in [4.69, 9.17) is 5.73 Å². The maximum atomic E-state index is 5.52. The lowest BCUT2D eigenvalue weighted by molar-refractivity contribution is 1.43. The monoisotopic (exact) mass is 143 g/mol. The second-order valence-electron chi connectivity index (χ2n) is 1.57. The molecule has 52 valence electrons. The van der Waals surface area contributed by atoms with Crippen LogP contribution in [0.4, 0.5) is 0 Å². The fourth-order valence-corrected chi connectivity index (χ4v) is 0.849. The van der Waals surface area contributed by atoms with E-state index in [0.717, 1.165) is 11.4 Å². The van der Waals surface area contributed by atoms with E-state index < -0.39 is 0 Å². The highest BCUT2D eigenvalue weighted by atomic mass is 32.2. The second-order valence-corrected chi connectivity index (χ2v) is 2.72. The molecule has 0 heterocycles. The molecular formula is C7H13NS. The van der Waals surface area contributed by atoms with Gasteiger partial charge in [-0.05, 0) is 24.2 Å². The van der Waals surface area contributed by atoms with Gasteiger partial charge in [-0.15, -0.1) is 11.8 Å². The normalized spacial score (nSPS) is 12.9.